The van der Waals surface area contributed by atoms with Crippen LogP contribution in [0.4, 0.5) is 0 Å². The van der Waals surface area contributed by atoms with Crippen LogP contribution >= 0.6 is 0 Å². The second-order valence-electron chi connectivity index (χ2n) is 9.30. The molecule has 1 aliphatic carbocycles. The summed E-state index contributed by atoms with van der Waals surface area (Å²) < 4.78 is 21.8. The van der Waals surface area contributed by atoms with Gasteiger partial charge in [-0.1, -0.05) is 30.3 Å². The number of rotatable bonds is 11. The van der Waals surface area contributed by atoms with E-state index < -0.39 is 11.9 Å². The molecule has 8 nitrogen and oxygen atoms in total. The van der Waals surface area contributed by atoms with E-state index in [0.717, 1.165) is 17.0 Å². The number of dihydropyridines is 1. The minimum atomic E-state index is -0.657. The predicted molar refractivity (Wildman–Crippen MR) is 142 cm³/mol. The molecule has 0 saturated heterocycles. The number of ether oxygens (including phenoxy) is 4. The zero-order chi connectivity index (χ0) is 27.1. The highest BCUT2D eigenvalue weighted by atomic mass is 16.6. The van der Waals surface area contributed by atoms with E-state index in [4.69, 9.17) is 18.9 Å². The van der Waals surface area contributed by atoms with Gasteiger partial charge in [0.15, 0.2) is 5.78 Å². The van der Waals surface area contributed by atoms with Crippen molar-refractivity contribution in [2.75, 3.05) is 40.1 Å². The van der Waals surface area contributed by atoms with Crippen molar-refractivity contribution in [2.45, 2.75) is 38.5 Å². The van der Waals surface area contributed by atoms with Crippen LogP contribution in [-0.4, -0.2) is 57.0 Å². The van der Waals surface area contributed by atoms with Gasteiger partial charge in [0.25, 0.3) is 0 Å². The first-order chi connectivity index (χ1) is 18.4. The SMILES string of the molecule is CCOCCOCCOC(=O)C1=C(C)NC2=C(C(=O)C[C@H](c3ccccc3OC)C2)[C@@H]1c1cccc(O)c1. The largest absolute Gasteiger partial charge is 0.508 e. The quantitative estimate of drug-likeness (QED) is 0.332. The molecule has 2 aromatic rings. The third-order valence-electron chi connectivity index (χ3n) is 6.87. The van der Waals surface area contributed by atoms with Gasteiger partial charge in [0.2, 0.25) is 0 Å². The zero-order valence-corrected chi connectivity index (χ0v) is 22.1. The van der Waals surface area contributed by atoms with Crippen molar-refractivity contribution in [3.05, 3.63) is 82.2 Å². The second-order valence-corrected chi connectivity index (χ2v) is 9.30. The van der Waals surface area contributed by atoms with E-state index in [2.05, 4.69) is 5.32 Å². The van der Waals surface area contributed by atoms with Crippen molar-refractivity contribution in [3.63, 3.8) is 0 Å². The molecule has 202 valence electrons. The molecule has 0 bridgehead atoms. The molecule has 2 N–H and O–H groups in total. The van der Waals surface area contributed by atoms with Crippen LogP contribution in [0.1, 0.15) is 49.7 Å². The number of carbonyl (C=O) groups is 2. The van der Waals surface area contributed by atoms with E-state index in [-0.39, 0.29) is 37.1 Å². The number of aromatic hydroxyl groups is 1. The lowest BCUT2D eigenvalue weighted by molar-refractivity contribution is -0.141. The van der Waals surface area contributed by atoms with Crippen molar-refractivity contribution >= 4 is 11.8 Å². The maximum atomic E-state index is 13.7. The molecule has 4 rings (SSSR count). The Morgan fingerprint density at radius 1 is 1.03 bits per heavy atom. The van der Waals surface area contributed by atoms with Crippen LogP contribution in [0.3, 0.4) is 0 Å². The van der Waals surface area contributed by atoms with E-state index in [9.17, 15) is 14.7 Å². The van der Waals surface area contributed by atoms with Crippen LogP contribution in [0.5, 0.6) is 11.5 Å². The fraction of sp³-hybridized carbons (Fsp3) is 0.400. The number of esters is 1. The molecule has 1 aliphatic heterocycles. The van der Waals surface area contributed by atoms with Gasteiger partial charge in [-0.2, -0.15) is 0 Å². The third-order valence-corrected chi connectivity index (χ3v) is 6.87. The molecule has 2 aromatic carbocycles. The maximum Gasteiger partial charge on any atom is 0.336 e. The zero-order valence-electron chi connectivity index (χ0n) is 22.1. The number of benzene rings is 2. The molecule has 1 heterocycles. The number of methoxy groups -OCH3 is 1. The maximum absolute atomic E-state index is 13.7. The molecule has 0 saturated carbocycles. The number of phenols is 1. The number of ketones is 1. The Labute approximate surface area is 223 Å². The highest BCUT2D eigenvalue weighted by Crippen LogP contribution is 2.47. The Morgan fingerprint density at radius 3 is 2.55 bits per heavy atom. The van der Waals surface area contributed by atoms with Gasteiger partial charge in [-0.15, -0.1) is 0 Å². The smallest absolute Gasteiger partial charge is 0.336 e. The summed E-state index contributed by atoms with van der Waals surface area (Å²) in [5.74, 6) is -0.496. The lowest BCUT2D eigenvalue weighted by Gasteiger charge is -2.37. The van der Waals surface area contributed by atoms with Crippen molar-refractivity contribution in [1.29, 1.82) is 0 Å². The van der Waals surface area contributed by atoms with Gasteiger partial charge in [0.05, 0.1) is 32.5 Å². The summed E-state index contributed by atoms with van der Waals surface area (Å²) in [7, 11) is 1.62. The van der Waals surface area contributed by atoms with Gasteiger partial charge in [-0.05, 0) is 49.6 Å². The van der Waals surface area contributed by atoms with Crippen molar-refractivity contribution in [2.24, 2.45) is 0 Å². The summed E-state index contributed by atoms with van der Waals surface area (Å²) in [4.78, 5) is 27.1. The standard InChI is InChI=1S/C30H35NO7/c1-4-36-12-13-37-14-15-38-30(34)27-19(2)31-24-17-21(23-10-5-6-11-26(23)35-3)18-25(33)29(24)28(27)20-8-7-9-22(32)16-20/h5-11,16,21,28,31-32H,4,12-15,17-18H2,1-3H3/t21-,28-/m1/s1. The van der Waals surface area contributed by atoms with Crippen molar-refractivity contribution < 1.29 is 33.6 Å². The highest BCUT2D eigenvalue weighted by Gasteiger charge is 2.41. The summed E-state index contributed by atoms with van der Waals surface area (Å²) in [5, 5.41) is 13.6. The molecular weight excluding hydrogens is 486 g/mol. The minimum Gasteiger partial charge on any atom is -0.508 e. The number of hydrogen-bond donors (Lipinski definition) is 2. The van der Waals surface area contributed by atoms with Crippen LogP contribution in [-0.2, 0) is 23.8 Å². The van der Waals surface area contributed by atoms with Gasteiger partial charge in [-0.25, -0.2) is 4.79 Å². The summed E-state index contributed by atoms with van der Waals surface area (Å²) in [5.41, 5.74) is 3.91. The molecular formula is C30H35NO7. The van der Waals surface area contributed by atoms with Crippen LogP contribution in [0.2, 0.25) is 0 Å². The van der Waals surface area contributed by atoms with E-state index in [1.54, 1.807) is 25.3 Å². The summed E-state index contributed by atoms with van der Waals surface area (Å²) in [6.07, 6.45) is 0.870. The first-order valence-electron chi connectivity index (χ1n) is 12.9. The molecule has 8 heteroatoms. The molecule has 0 fully saturated rings. The molecule has 2 atom stereocenters. The molecule has 2 aliphatic rings. The van der Waals surface area contributed by atoms with Crippen molar-refractivity contribution in [1.82, 2.24) is 5.32 Å². The lowest BCUT2D eigenvalue weighted by atomic mass is 9.71. The van der Waals surface area contributed by atoms with Gasteiger partial charge >= 0.3 is 5.97 Å². The molecule has 0 amide bonds. The average Bonchev–Trinajstić information content (AvgIpc) is 2.91. The fourth-order valence-electron chi connectivity index (χ4n) is 5.21. The number of phenolic OH excluding ortho intramolecular Hbond substituents is 1. The Morgan fingerprint density at radius 2 is 1.79 bits per heavy atom. The number of hydrogen-bond acceptors (Lipinski definition) is 8. The molecule has 38 heavy (non-hydrogen) atoms. The molecule has 0 aromatic heterocycles. The number of allylic oxidation sites excluding steroid dienone is 3. The Hall–Kier alpha value is -3.62. The first-order valence-corrected chi connectivity index (χ1v) is 12.9. The monoisotopic (exact) mass is 521 g/mol. The second kappa shape index (κ2) is 12.8. The van der Waals surface area contributed by atoms with Crippen LogP contribution in [0.25, 0.3) is 0 Å². The third kappa shape index (κ3) is 6.09. The van der Waals surface area contributed by atoms with Crippen molar-refractivity contribution in [3.8, 4) is 11.5 Å². The number of carbonyl (C=O) groups excluding carboxylic acids is 2. The summed E-state index contributed by atoms with van der Waals surface area (Å²) in [6.45, 7) is 5.55. The Bertz CT molecular complexity index is 1230. The fourth-order valence-corrected chi connectivity index (χ4v) is 5.21. The van der Waals surface area contributed by atoms with E-state index in [1.165, 1.54) is 0 Å². The van der Waals surface area contributed by atoms with E-state index in [0.29, 0.717) is 48.6 Å². The minimum absolute atomic E-state index is 0.0555. The van der Waals surface area contributed by atoms with Gasteiger partial charge in [0.1, 0.15) is 18.1 Å². The topological polar surface area (TPSA) is 103 Å². The summed E-state index contributed by atoms with van der Waals surface area (Å²) >= 11 is 0. The molecule has 0 radical (unpaired) electrons. The highest BCUT2D eigenvalue weighted by molar-refractivity contribution is 6.04. The predicted octanol–water partition coefficient (Wildman–Crippen LogP) is 4.36. The van der Waals surface area contributed by atoms with Crippen LogP contribution in [0.15, 0.2) is 71.1 Å². The van der Waals surface area contributed by atoms with Crippen LogP contribution in [0, 0.1) is 0 Å². The van der Waals surface area contributed by atoms with E-state index >= 15 is 0 Å². The first kappa shape index (κ1) is 27.4. The van der Waals surface area contributed by atoms with Gasteiger partial charge in [-0.3, -0.25) is 4.79 Å². The Balaban J connectivity index is 1.61. The molecule has 0 unspecified atom stereocenters. The number of Topliss-reactive ketones (excluding diaryl/α,β-unsaturated/α-hetero) is 1. The van der Waals surface area contributed by atoms with Gasteiger partial charge < -0.3 is 29.4 Å². The lowest BCUT2D eigenvalue weighted by Crippen LogP contribution is -2.36. The average molecular weight is 522 g/mol. The van der Waals surface area contributed by atoms with Gasteiger partial charge in [0, 0.05) is 41.8 Å². The normalized spacial score (nSPS) is 19.2. The number of para-hydroxylation sites is 1. The van der Waals surface area contributed by atoms with Crippen LogP contribution < -0.4 is 10.1 Å². The Kier molecular flexibility index (Phi) is 9.20. The summed E-state index contributed by atoms with van der Waals surface area (Å²) in [6, 6.07) is 14.4. The molecule has 0 spiro atoms. The van der Waals surface area contributed by atoms with E-state index in [1.807, 2.05) is 44.2 Å². The number of nitrogens with one attached hydrogen (secondary N) is 1.